The molecule has 0 bridgehead atoms. The summed E-state index contributed by atoms with van der Waals surface area (Å²) in [5.41, 5.74) is 1.70. The molecular weight excluding hydrogens is 504 g/mol. The van der Waals surface area contributed by atoms with E-state index >= 15 is 0 Å². The van der Waals surface area contributed by atoms with E-state index in [9.17, 15) is 9.18 Å². The number of nitrogens with one attached hydrogen (secondary N) is 2. The number of rotatable bonds is 9. The van der Waals surface area contributed by atoms with Crippen LogP contribution in [0, 0.1) is 23.6 Å². The number of hydrogen-bond donors (Lipinski definition) is 2. The highest BCUT2D eigenvalue weighted by molar-refractivity contribution is 6.31. The lowest BCUT2D eigenvalue weighted by molar-refractivity contribution is -0.111. The van der Waals surface area contributed by atoms with Gasteiger partial charge in [0.1, 0.15) is 23.7 Å². The van der Waals surface area contributed by atoms with E-state index < -0.39 is 5.82 Å². The molecule has 2 unspecified atom stereocenters. The normalized spacial score (nSPS) is 21.1. The van der Waals surface area contributed by atoms with Gasteiger partial charge < -0.3 is 20.3 Å². The zero-order valence-electron chi connectivity index (χ0n) is 19.7. The number of amides is 1. The van der Waals surface area contributed by atoms with Gasteiger partial charge in [0.05, 0.1) is 22.8 Å². The third-order valence-electron chi connectivity index (χ3n) is 6.80. The second-order valence-electron chi connectivity index (χ2n) is 9.24. The van der Waals surface area contributed by atoms with Crippen molar-refractivity contribution in [3.63, 3.8) is 0 Å². The molecule has 2 atom stereocenters. The van der Waals surface area contributed by atoms with Gasteiger partial charge in [0.25, 0.3) is 0 Å². The quantitative estimate of drug-likeness (QED) is 0.282. The van der Waals surface area contributed by atoms with Crippen LogP contribution in [0.5, 0.6) is 5.75 Å². The fourth-order valence-corrected chi connectivity index (χ4v) is 5.30. The van der Waals surface area contributed by atoms with E-state index in [1.165, 1.54) is 24.5 Å². The zero-order chi connectivity index (χ0) is 25.2. The molecule has 2 fully saturated rings. The minimum absolute atomic E-state index is 0.000438. The van der Waals surface area contributed by atoms with Crippen LogP contribution in [-0.4, -0.2) is 53.4 Å². The molecule has 7 nitrogen and oxygen atoms in total. The highest BCUT2D eigenvalue weighted by Gasteiger charge is 2.53. The number of piperidine rings is 1. The van der Waals surface area contributed by atoms with E-state index in [0.29, 0.717) is 46.4 Å². The molecule has 188 valence electrons. The monoisotopic (exact) mass is 529 g/mol. The number of carbonyl (C=O) groups is 1. The highest BCUT2D eigenvalue weighted by atomic mass is 35.5. The van der Waals surface area contributed by atoms with Crippen LogP contribution in [-0.2, 0) is 4.79 Å². The molecule has 2 N–H and O–H groups in total. The van der Waals surface area contributed by atoms with Gasteiger partial charge >= 0.3 is 0 Å². The molecule has 1 aromatic heterocycles. The minimum Gasteiger partial charge on any atom is -0.491 e. The van der Waals surface area contributed by atoms with Crippen LogP contribution >= 0.6 is 23.2 Å². The second-order valence-corrected chi connectivity index (χ2v) is 9.95. The van der Waals surface area contributed by atoms with Gasteiger partial charge in [0.2, 0.25) is 5.91 Å². The summed E-state index contributed by atoms with van der Waals surface area (Å²) in [6, 6.07) is 7.89. The van der Waals surface area contributed by atoms with Crippen molar-refractivity contribution < 1.29 is 13.9 Å². The van der Waals surface area contributed by atoms with Crippen LogP contribution < -0.4 is 15.4 Å². The summed E-state index contributed by atoms with van der Waals surface area (Å²) < 4.78 is 19.7. The summed E-state index contributed by atoms with van der Waals surface area (Å²) >= 11 is 11.6. The molecule has 10 heteroatoms. The predicted molar refractivity (Wildman–Crippen MR) is 141 cm³/mol. The van der Waals surface area contributed by atoms with Gasteiger partial charge in [0, 0.05) is 42.2 Å². The molecule has 1 saturated carbocycles. The van der Waals surface area contributed by atoms with Crippen LogP contribution in [0.2, 0.25) is 5.02 Å². The van der Waals surface area contributed by atoms with Gasteiger partial charge in [-0.1, -0.05) is 17.7 Å². The Balaban J connectivity index is 1.39. The Hall–Kier alpha value is -2.94. The summed E-state index contributed by atoms with van der Waals surface area (Å²) in [6.45, 7) is 2.87. The first-order chi connectivity index (χ1) is 17.4. The summed E-state index contributed by atoms with van der Waals surface area (Å²) in [7, 11) is 2.16. The molecule has 36 heavy (non-hydrogen) atoms. The Morgan fingerprint density at radius 2 is 2.06 bits per heavy atom. The van der Waals surface area contributed by atoms with Crippen molar-refractivity contribution in [1.82, 2.24) is 14.9 Å². The lowest BCUT2D eigenvalue weighted by Crippen LogP contribution is -2.19. The standard InChI is InChI=1S/C26H26Cl2FN5O2/c1-34-12-18-16(19(18)13-34)6-8-36-24-11-22-17(10-23(24)33-25(35)3-2-7-27)26(31-14-30-22)32-15-4-5-21(29)20(28)9-15/h2-5,9-11,14,16,18-19H,6-8,12-13H2,1H3,(H,33,35)(H,30,31,32). The topological polar surface area (TPSA) is 79.4 Å². The van der Waals surface area contributed by atoms with Gasteiger partial charge in [-0.25, -0.2) is 14.4 Å². The number of likely N-dealkylation sites (tertiary alicyclic amines) is 1. The Morgan fingerprint density at radius 1 is 1.25 bits per heavy atom. The minimum atomic E-state index is -0.506. The van der Waals surface area contributed by atoms with Crippen molar-refractivity contribution in [2.45, 2.75) is 6.42 Å². The molecule has 1 amide bonds. The molecule has 1 aliphatic carbocycles. The van der Waals surface area contributed by atoms with Gasteiger partial charge in [-0.05, 0) is 55.5 Å². The Bertz CT molecular complexity index is 1310. The van der Waals surface area contributed by atoms with Crippen LogP contribution in [0.1, 0.15) is 6.42 Å². The van der Waals surface area contributed by atoms with E-state index in [1.54, 1.807) is 24.3 Å². The first-order valence-corrected chi connectivity index (χ1v) is 12.7. The molecule has 5 rings (SSSR count). The number of ether oxygens (including phenoxy) is 1. The van der Waals surface area contributed by atoms with Crippen molar-refractivity contribution in [3.05, 3.63) is 59.7 Å². The number of halogens is 3. The number of fused-ring (bicyclic) bond motifs is 2. The smallest absolute Gasteiger partial charge is 0.248 e. The maximum atomic E-state index is 13.6. The zero-order valence-corrected chi connectivity index (χ0v) is 21.2. The van der Waals surface area contributed by atoms with Gasteiger partial charge in [-0.2, -0.15) is 0 Å². The average molecular weight is 530 g/mol. The van der Waals surface area contributed by atoms with Crippen molar-refractivity contribution in [2.24, 2.45) is 17.8 Å². The molecule has 2 aliphatic rings. The van der Waals surface area contributed by atoms with Crippen molar-refractivity contribution >= 4 is 57.2 Å². The molecule has 2 heterocycles. The summed E-state index contributed by atoms with van der Waals surface area (Å²) in [5, 5.41) is 6.68. The average Bonchev–Trinajstić information content (AvgIpc) is 3.31. The Kier molecular flexibility index (Phi) is 7.27. The summed E-state index contributed by atoms with van der Waals surface area (Å²) in [5.74, 6) is 2.67. The lowest BCUT2D eigenvalue weighted by atomic mass is 10.1. The number of alkyl halides is 1. The number of carbonyl (C=O) groups excluding carboxylic acids is 1. The van der Waals surface area contributed by atoms with Crippen LogP contribution in [0.25, 0.3) is 10.9 Å². The molecule has 0 radical (unpaired) electrons. The number of allylic oxidation sites excluding steroid dienone is 1. The van der Waals surface area contributed by atoms with Gasteiger partial charge in [-0.3, -0.25) is 4.79 Å². The van der Waals surface area contributed by atoms with Crippen molar-refractivity contribution in [3.8, 4) is 5.75 Å². The first-order valence-electron chi connectivity index (χ1n) is 11.8. The Morgan fingerprint density at radius 3 is 2.81 bits per heavy atom. The number of anilines is 3. The maximum absolute atomic E-state index is 13.6. The predicted octanol–water partition coefficient (Wildman–Crippen LogP) is 5.48. The molecule has 1 aliphatic heterocycles. The van der Waals surface area contributed by atoms with Crippen LogP contribution in [0.15, 0.2) is 48.8 Å². The third-order valence-corrected chi connectivity index (χ3v) is 7.27. The number of hydrogen-bond acceptors (Lipinski definition) is 6. The lowest BCUT2D eigenvalue weighted by Gasteiger charge is -2.16. The van der Waals surface area contributed by atoms with Crippen molar-refractivity contribution in [2.75, 3.05) is 43.3 Å². The fraction of sp³-hybridized carbons (Fsp3) is 0.346. The molecular formula is C26H26Cl2FN5O2. The van der Waals surface area contributed by atoms with Crippen LogP contribution in [0.3, 0.4) is 0 Å². The fourth-order valence-electron chi connectivity index (χ4n) is 5.03. The van der Waals surface area contributed by atoms with E-state index in [4.69, 9.17) is 27.9 Å². The summed E-state index contributed by atoms with van der Waals surface area (Å²) in [6.07, 6.45) is 5.35. The second kappa shape index (κ2) is 10.6. The molecule has 2 aromatic carbocycles. The first kappa shape index (κ1) is 24.7. The van der Waals surface area contributed by atoms with Crippen LogP contribution in [0.4, 0.5) is 21.6 Å². The molecule has 3 aromatic rings. The van der Waals surface area contributed by atoms with E-state index in [1.807, 2.05) is 0 Å². The SMILES string of the molecule is CN1CC2C(CCOc3cc4ncnc(Nc5ccc(F)c(Cl)c5)c4cc3NC(=O)C=CCCl)C2C1. The Labute approximate surface area is 218 Å². The van der Waals surface area contributed by atoms with E-state index in [0.717, 1.165) is 31.3 Å². The number of benzene rings is 2. The largest absolute Gasteiger partial charge is 0.491 e. The maximum Gasteiger partial charge on any atom is 0.248 e. The highest BCUT2D eigenvalue weighted by Crippen LogP contribution is 2.53. The van der Waals surface area contributed by atoms with Crippen molar-refractivity contribution in [1.29, 1.82) is 0 Å². The van der Waals surface area contributed by atoms with E-state index in [2.05, 4.69) is 32.5 Å². The summed E-state index contributed by atoms with van der Waals surface area (Å²) in [4.78, 5) is 23.6. The van der Waals surface area contributed by atoms with Gasteiger partial charge in [0.15, 0.2) is 0 Å². The third kappa shape index (κ3) is 5.40. The van der Waals surface area contributed by atoms with Gasteiger partial charge in [-0.15, -0.1) is 11.6 Å². The molecule has 0 spiro atoms. The van der Waals surface area contributed by atoms with E-state index in [-0.39, 0.29) is 16.8 Å². The number of aromatic nitrogens is 2. The number of nitrogens with zero attached hydrogens (tertiary/aromatic N) is 3. The molecule has 1 saturated heterocycles.